The van der Waals surface area contributed by atoms with Crippen molar-refractivity contribution in [2.24, 2.45) is 10.7 Å². The smallest absolute Gasteiger partial charge is 0.188 e. The lowest BCUT2D eigenvalue weighted by atomic mass is 10.1. The first-order valence-corrected chi connectivity index (χ1v) is 7.11. The number of nitrogens with one attached hydrogen (secondary N) is 1. The molecule has 0 heterocycles. The van der Waals surface area contributed by atoms with Crippen LogP contribution in [0, 0.1) is 11.6 Å². The van der Waals surface area contributed by atoms with E-state index < -0.39 is 11.6 Å². The zero-order valence-electron chi connectivity index (χ0n) is 12.4. The van der Waals surface area contributed by atoms with Gasteiger partial charge in [0.1, 0.15) is 11.6 Å². The molecule has 1 aromatic carbocycles. The summed E-state index contributed by atoms with van der Waals surface area (Å²) in [5.41, 5.74) is 6.17. The zero-order chi connectivity index (χ0) is 14.8. The number of nitrogens with two attached hydrogens (primary N) is 1. The van der Waals surface area contributed by atoms with Crippen LogP contribution in [0.4, 0.5) is 8.78 Å². The third-order valence-corrected chi connectivity index (χ3v) is 3.01. The van der Waals surface area contributed by atoms with Crippen molar-refractivity contribution >= 4 is 29.9 Å². The minimum atomic E-state index is -0.563. The van der Waals surface area contributed by atoms with Crippen LogP contribution >= 0.6 is 24.0 Å². The molecule has 0 bridgehead atoms. The van der Waals surface area contributed by atoms with E-state index in [1.165, 1.54) is 25.0 Å². The Hall–Kier alpha value is -0.920. The van der Waals surface area contributed by atoms with E-state index in [2.05, 4.69) is 17.2 Å². The number of halogens is 3. The molecule has 0 aliphatic rings. The average molecular weight is 411 g/mol. The summed E-state index contributed by atoms with van der Waals surface area (Å²) >= 11 is 0. The van der Waals surface area contributed by atoms with Crippen molar-refractivity contribution in [2.45, 2.75) is 39.0 Å². The molecule has 3 N–H and O–H groups in total. The predicted octanol–water partition coefficient (Wildman–Crippen LogP) is 3.61. The molecule has 0 saturated heterocycles. The van der Waals surface area contributed by atoms with Crippen LogP contribution in [-0.4, -0.2) is 19.0 Å². The highest BCUT2D eigenvalue weighted by atomic mass is 127. The van der Waals surface area contributed by atoms with E-state index in [-0.39, 0.29) is 24.0 Å². The quantitative estimate of drug-likeness (QED) is 0.297. The van der Waals surface area contributed by atoms with E-state index >= 15 is 0 Å². The van der Waals surface area contributed by atoms with E-state index in [0.717, 1.165) is 18.9 Å². The van der Waals surface area contributed by atoms with Crippen LogP contribution < -0.4 is 11.1 Å². The molecule has 3 nitrogen and oxygen atoms in total. The van der Waals surface area contributed by atoms with E-state index in [9.17, 15) is 8.78 Å². The number of nitrogens with zero attached hydrogens (tertiary/aromatic N) is 1. The van der Waals surface area contributed by atoms with Crippen molar-refractivity contribution in [3.05, 3.63) is 35.4 Å². The van der Waals surface area contributed by atoms with E-state index in [4.69, 9.17) is 5.73 Å². The number of hydrogen-bond donors (Lipinski definition) is 2. The summed E-state index contributed by atoms with van der Waals surface area (Å²) in [6, 6.07) is 3.59. The Morgan fingerprint density at radius 3 is 2.67 bits per heavy atom. The number of rotatable bonds is 8. The lowest BCUT2D eigenvalue weighted by Crippen LogP contribution is -2.33. The zero-order valence-corrected chi connectivity index (χ0v) is 14.7. The van der Waals surface area contributed by atoms with Gasteiger partial charge in [-0.2, -0.15) is 0 Å². The minimum absolute atomic E-state index is 0. The Morgan fingerprint density at radius 1 is 1.24 bits per heavy atom. The van der Waals surface area contributed by atoms with Gasteiger partial charge in [-0.1, -0.05) is 32.3 Å². The van der Waals surface area contributed by atoms with Crippen molar-refractivity contribution in [3.8, 4) is 0 Å². The number of unbranched alkanes of at least 4 members (excludes halogenated alkanes) is 3. The molecule has 0 aliphatic carbocycles. The molecule has 0 aliphatic heterocycles. The fourth-order valence-corrected chi connectivity index (χ4v) is 1.84. The fourth-order valence-electron chi connectivity index (χ4n) is 1.84. The maximum atomic E-state index is 13.4. The summed E-state index contributed by atoms with van der Waals surface area (Å²) in [5.74, 6) is -0.710. The fraction of sp³-hybridized carbons (Fsp3) is 0.533. The molecular formula is C15H24F2IN3. The van der Waals surface area contributed by atoms with Crippen LogP contribution in [0.2, 0.25) is 0 Å². The van der Waals surface area contributed by atoms with Crippen molar-refractivity contribution in [3.63, 3.8) is 0 Å². The molecule has 0 spiro atoms. The normalized spacial score (nSPS) is 11.1. The van der Waals surface area contributed by atoms with Crippen molar-refractivity contribution in [2.75, 3.05) is 13.1 Å². The van der Waals surface area contributed by atoms with Crippen molar-refractivity contribution < 1.29 is 8.78 Å². The molecule has 1 aromatic rings. The minimum Gasteiger partial charge on any atom is -0.370 e. The molecule has 0 fully saturated rings. The lowest BCUT2D eigenvalue weighted by molar-refractivity contribution is 0.570. The van der Waals surface area contributed by atoms with Crippen molar-refractivity contribution in [1.29, 1.82) is 0 Å². The van der Waals surface area contributed by atoms with E-state index in [1.54, 1.807) is 0 Å². The summed E-state index contributed by atoms with van der Waals surface area (Å²) in [4.78, 5) is 4.19. The van der Waals surface area contributed by atoms with Gasteiger partial charge in [0.15, 0.2) is 5.96 Å². The maximum absolute atomic E-state index is 13.4. The van der Waals surface area contributed by atoms with Crippen LogP contribution in [0.25, 0.3) is 0 Å². The molecule has 0 saturated carbocycles. The highest BCUT2D eigenvalue weighted by molar-refractivity contribution is 14.0. The Morgan fingerprint density at radius 2 is 2.00 bits per heavy atom. The molecule has 0 atom stereocenters. The van der Waals surface area contributed by atoms with Gasteiger partial charge in [-0.3, -0.25) is 4.99 Å². The Balaban J connectivity index is 0.00000400. The largest absolute Gasteiger partial charge is 0.370 e. The second-order valence-electron chi connectivity index (χ2n) is 4.74. The summed E-state index contributed by atoms with van der Waals surface area (Å²) in [7, 11) is 0. The van der Waals surface area contributed by atoms with Gasteiger partial charge >= 0.3 is 0 Å². The average Bonchev–Trinajstić information content (AvgIpc) is 2.41. The molecule has 0 aromatic heterocycles. The van der Waals surface area contributed by atoms with Crippen LogP contribution in [0.1, 0.15) is 38.2 Å². The summed E-state index contributed by atoms with van der Waals surface area (Å²) in [5, 5.41) is 2.93. The maximum Gasteiger partial charge on any atom is 0.188 e. The molecule has 6 heteroatoms. The summed E-state index contributed by atoms with van der Waals surface area (Å²) < 4.78 is 26.1. The third-order valence-electron chi connectivity index (χ3n) is 3.01. The van der Waals surface area contributed by atoms with Gasteiger partial charge in [0.25, 0.3) is 0 Å². The molecular weight excluding hydrogens is 387 g/mol. The number of guanidine groups is 1. The van der Waals surface area contributed by atoms with Gasteiger partial charge in [0, 0.05) is 19.2 Å². The first-order valence-electron chi connectivity index (χ1n) is 7.11. The number of aliphatic imine (C=N–C) groups is 1. The van der Waals surface area contributed by atoms with Gasteiger partial charge in [0.05, 0.1) is 0 Å². The molecule has 0 unspecified atom stereocenters. The van der Waals surface area contributed by atoms with E-state index in [1.807, 2.05) is 0 Å². The second-order valence-corrected chi connectivity index (χ2v) is 4.74. The highest BCUT2D eigenvalue weighted by Crippen LogP contribution is 2.09. The topological polar surface area (TPSA) is 50.4 Å². The Bertz CT molecular complexity index is 439. The molecule has 0 amide bonds. The van der Waals surface area contributed by atoms with Crippen LogP contribution in [-0.2, 0) is 6.42 Å². The number of hydrogen-bond acceptors (Lipinski definition) is 1. The number of benzene rings is 1. The van der Waals surface area contributed by atoms with E-state index in [0.29, 0.717) is 31.0 Å². The first kappa shape index (κ1) is 20.1. The van der Waals surface area contributed by atoms with Crippen LogP contribution in [0.15, 0.2) is 23.2 Å². The van der Waals surface area contributed by atoms with Crippen LogP contribution in [0.5, 0.6) is 0 Å². The molecule has 1 rings (SSSR count). The Labute approximate surface area is 142 Å². The molecule has 21 heavy (non-hydrogen) atoms. The summed E-state index contributed by atoms with van der Waals surface area (Å²) in [6.45, 7) is 3.35. The standard InChI is InChI=1S/C15H23F2N3.HI/c1-2-3-4-5-9-19-15(18)20-10-8-12-6-7-13(16)11-14(12)17;/h6-7,11H,2-5,8-10H2,1H3,(H3,18,19,20);1H. The molecule has 120 valence electrons. The Kier molecular flexibility index (Phi) is 11.2. The third kappa shape index (κ3) is 8.85. The SMILES string of the molecule is CCCCCCN=C(N)NCCc1ccc(F)cc1F.I. The molecule has 0 radical (unpaired) electrons. The van der Waals surface area contributed by atoms with Crippen LogP contribution in [0.3, 0.4) is 0 Å². The highest BCUT2D eigenvalue weighted by Gasteiger charge is 2.03. The summed E-state index contributed by atoms with van der Waals surface area (Å²) in [6.07, 6.45) is 5.04. The monoisotopic (exact) mass is 411 g/mol. The van der Waals surface area contributed by atoms with Gasteiger partial charge in [-0.25, -0.2) is 8.78 Å². The van der Waals surface area contributed by atoms with Crippen molar-refractivity contribution in [1.82, 2.24) is 5.32 Å². The first-order chi connectivity index (χ1) is 9.63. The van der Waals surface area contributed by atoms with Gasteiger partial charge in [-0.05, 0) is 24.5 Å². The van der Waals surface area contributed by atoms with Gasteiger partial charge in [-0.15, -0.1) is 24.0 Å². The van der Waals surface area contributed by atoms with Gasteiger partial charge < -0.3 is 11.1 Å². The van der Waals surface area contributed by atoms with Gasteiger partial charge in [0.2, 0.25) is 0 Å². The second kappa shape index (κ2) is 11.7. The lowest BCUT2D eigenvalue weighted by Gasteiger charge is -2.06. The predicted molar refractivity (Wildman–Crippen MR) is 94.1 cm³/mol.